The average molecular weight is 339 g/mol. The first-order chi connectivity index (χ1) is 10.8. The SMILES string of the molecule is CC(C)C(=O)Nc1nc(CC(=O)N2CCC(C(=O)O)C2C)cs1. The molecular formula is C15H21N3O4S. The Morgan fingerprint density at radius 3 is 2.74 bits per heavy atom. The molecule has 0 spiro atoms. The van der Waals surface area contributed by atoms with Gasteiger partial charge >= 0.3 is 5.97 Å². The van der Waals surface area contributed by atoms with E-state index in [-0.39, 0.29) is 30.2 Å². The van der Waals surface area contributed by atoms with Crippen molar-refractivity contribution in [2.45, 2.75) is 39.7 Å². The summed E-state index contributed by atoms with van der Waals surface area (Å²) >= 11 is 1.28. The highest BCUT2D eigenvalue weighted by Gasteiger charge is 2.38. The second-order valence-corrected chi connectivity index (χ2v) is 6.88. The maximum absolute atomic E-state index is 12.3. The number of amides is 2. The van der Waals surface area contributed by atoms with Gasteiger partial charge in [-0.15, -0.1) is 11.3 Å². The van der Waals surface area contributed by atoms with Gasteiger partial charge in [-0.3, -0.25) is 14.4 Å². The van der Waals surface area contributed by atoms with Crippen LogP contribution in [0.15, 0.2) is 5.38 Å². The summed E-state index contributed by atoms with van der Waals surface area (Å²) in [4.78, 5) is 40.9. The van der Waals surface area contributed by atoms with Crippen LogP contribution in [0.1, 0.15) is 32.9 Å². The summed E-state index contributed by atoms with van der Waals surface area (Å²) in [5, 5.41) is 14.0. The minimum atomic E-state index is -0.861. The molecule has 1 fully saturated rings. The highest BCUT2D eigenvalue weighted by atomic mass is 32.1. The van der Waals surface area contributed by atoms with Crippen molar-refractivity contribution < 1.29 is 19.5 Å². The highest BCUT2D eigenvalue weighted by Crippen LogP contribution is 2.25. The monoisotopic (exact) mass is 339 g/mol. The first-order valence-corrected chi connectivity index (χ1v) is 8.45. The van der Waals surface area contributed by atoms with Crippen molar-refractivity contribution in [3.8, 4) is 0 Å². The van der Waals surface area contributed by atoms with Gasteiger partial charge in [-0.2, -0.15) is 0 Å². The number of nitrogens with zero attached hydrogens (tertiary/aromatic N) is 2. The number of hydrogen-bond donors (Lipinski definition) is 2. The molecule has 2 rings (SSSR count). The molecule has 0 saturated carbocycles. The van der Waals surface area contributed by atoms with Crippen molar-refractivity contribution in [3.63, 3.8) is 0 Å². The highest BCUT2D eigenvalue weighted by molar-refractivity contribution is 7.13. The Hall–Kier alpha value is -1.96. The number of carbonyl (C=O) groups is 3. The number of hydrogen-bond acceptors (Lipinski definition) is 5. The Morgan fingerprint density at radius 1 is 1.48 bits per heavy atom. The van der Waals surface area contributed by atoms with E-state index in [2.05, 4.69) is 10.3 Å². The van der Waals surface area contributed by atoms with E-state index in [1.54, 1.807) is 31.1 Å². The van der Waals surface area contributed by atoms with Crippen molar-refractivity contribution in [1.82, 2.24) is 9.88 Å². The molecule has 0 aromatic carbocycles. The molecule has 23 heavy (non-hydrogen) atoms. The number of aromatic nitrogens is 1. The molecule has 0 radical (unpaired) electrons. The summed E-state index contributed by atoms with van der Waals surface area (Å²) in [6.45, 7) is 5.80. The molecule has 1 aliphatic rings. The molecule has 2 unspecified atom stereocenters. The van der Waals surface area contributed by atoms with Gasteiger partial charge in [-0.25, -0.2) is 4.98 Å². The van der Waals surface area contributed by atoms with Gasteiger partial charge in [0.15, 0.2) is 5.13 Å². The van der Waals surface area contributed by atoms with Crippen LogP contribution in [0.2, 0.25) is 0 Å². The van der Waals surface area contributed by atoms with Crippen molar-refractivity contribution in [2.24, 2.45) is 11.8 Å². The molecule has 1 aromatic rings. The molecule has 1 aliphatic heterocycles. The molecule has 7 nitrogen and oxygen atoms in total. The molecule has 2 N–H and O–H groups in total. The lowest BCUT2D eigenvalue weighted by molar-refractivity contribution is -0.143. The number of thiazole rings is 1. The van der Waals surface area contributed by atoms with Crippen LogP contribution in [0, 0.1) is 11.8 Å². The largest absolute Gasteiger partial charge is 0.481 e. The first-order valence-electron chi connectivity index (χ1n) is 7.57. The van der Waals surface area contributed by atoms with Gasteiger partial charge in [0, 0.05) is 23.9 Å². The lowest BCUT2D eigenvalue weighted by atomic mass is 10.0. The van der Waals surface area contributed by atoms with Crippen LogP contribution in [0.5, 0.6) is 0 Å². The van der Waals surface area contributed by atoms with E-state index >= 15 is 0 Å². The average Bonchev–Trinajstić information content (AvgIpc) is 3.05. The van der Waals surface area contributed by atoms with Gasteiger partial charge in [0.2, 0.25) is 11.8 Å². The molecule has 126 valence electrons. The summed E-state index contributed by atoms with van der Waals surface area (Å²) in [6, 6.07) is -0.307. The summed E-state index contributed by atoms with van der Waals surface area (Å²) in [5.74, 6) is -1.75. The predicted molar refractivity (Wildman–Crippen MR) is 86.2 cm³/mol. The quantitative estimate of drug-likeness (QED) is 0.849. The number of carboxylic acid groups (broad SMARTS) is 1. The number of aliphatic carboxylic acids is 1. The van der Waals surface area contributed by atoms with Crippen LogP contribution < -0.4 is 5.32 Å². The standard InChI is InChI=1S/C15H21N3O4S/c1-8(2)13(20)17-15-16-10(7-23-15)6-12(19)18-5-4-11(9(18)3)14(21)22/h7-9,11H,4-6H2,1-3H3,(H,21,22)(H,16,17,20). The minimum Gasteiger partial charge on any atom is -0.481 e. The topological polar surface area (TPSA) is 99.6 Å². The molecule has 2 heterocycles. The van der Waals surface area contributed by atoms with Crippen LogP contribution in [-0.4, -0.2) is 45.4 Å². The maximum Gasteiger partial charge on any atom is 0.308 e. The molecular weight excluding hydrogens is 318 g/mol. The Balaban J connectivity index is 1.95. The van der Waals surface area contributed by atoms with E-state index < -0.39 is 11.9 Å². The normalized spacial score (nSPS) is 20.8. The molecule has 8 heteroatoms. The van der Waals surface area contributed by atoms with Gasteiger partial charge in [-0.1, -0.05) is 13.8 Å². The van der Waals surface area contributed by atoms with E-state index in [0.29, 0.717) is 23.8 Å². The summed E-state index contributed by atoms with van der Waals surface area (Å²) in [5.41, 5.74) is 0.588. The van der Waals surface area contributed by atoms with Crippen molar-refractivity contribution in [2.75, 3.05) is 11.9 Å². The fourth-order valence-corrected chi connectivity index (χ4v) is 3.29. The van der Waals surface area contributed by atoms with Crippen molar-refractivity contribution in [3.05, 3.63) is 11.1 Å². The molecule has 1 saturated heterocycles. The Labute approximate surface area is 138 Å². The van der Waals surface area contributed by atoms with E-state index in [9.17, 15) is 14.4 Å². The lowest BCUT2D eigenvalue weighted by Gasteiger charge is -2.22. The zero-order valence-electron chi connectivity index (χ0n) is 13.4. The van der Waals surface area contributed by atoms with Crippen LogP contribution in [0.25, 0.3) is 0 Å². The summed E-state index contributed by atoms with van der Waals surface area (Å²) < 4.78 is 0. The lowest BCUT2D eigenvalue weighted by Crippen LogP contribution is -2.38. The van der Waals surface area contributed by atoms with Crippen molar-refractivity contribution in [1.29, 1.82) is 0 Å². The molecule has 2 amide bonds. The summed E-state index contributed by atoms with van der Waals surface area (Å²) in [7, 11) is 0. The van der Waals surface area contributed by atoms with Gasteiger partial charge in [0.1, 0.15) is 0 Å². The zero-order valence-corrected chi connectivity index (χ0v) is 14.2. The fourth-order valence-electron chi connectivity index (χ4n) is 2.57. The number of carbonyl (C=O) groups excluding carboxylic acids is 2. The Kier molecular flexibility index (Phi) is 5.35. The molecule has 0 bridgehead atoms. The first kappa shape index (κ1) is 17.4. The van der Waals surface area contributed by atoms with Gasteiger partial charge < -0.3 is 15.3 Å². The predicted octanol–water partition coefficient (Wildman–Crippen LogP) is 1.60. The van der Waals surface area contributed by atoms with Gasteiger partial charge in [0.05, 0.1) is 18.0 Å². The van der Waals surface area contributed by atoms with E-state index in [1.165, 1.54) is 11.3 Å². The number of likely N-dealkylation sites (tertiary alicyclic amines) is 1. The number of carboxylic acids is 1. The van der Waals surface area contributed by atoms with E-state index in [1.807, 2.05) is 0 Å². The molecule has 0 aliphatic carbocycles. The van der Waals surface area contributed by atoms with Crippen LogP contribution in [0.4, 0.5) is 5.13 Å². The molecule has 1 aromatic heterocycles. The van der Waals surface area contributed by atoms with Crippen LogP contribution >= 0.6 is 11.3 Å². The second kappa shape index (κ2) is 7.08. The second-order valence-electron chi connectivity index (χ2n) is 6.03. The third-order valence-corrected chi connectivity index (χ3v) is 4.84. The van der Waals surface area contributed by atoms with Gasteiger partial charge in [-0.05, 0) is 13.3 Å². The third kappa shape index (κ3) is 4.07. The fraction of sp³-hybridized carbons (Fsp3) is 0.600. The molecule has 2 atom stereocenters. The third-order valence-electron chi connectivity index (χ3n) is 4.03. The minimum absolute atomic E-state index is 0.116. The smallest absolute Gasteiger partial charge is 0.308 e. The van der Waals surface area contributed by atoms with E-state index in [0.717, 1.165) is 0 Å². The maximum atomic E-state index is 12.3. The Bertz CT molecular complexity index is 614. The van der Waals surface area contributed by atoms with Gasteiger partial charge in [0.25, 0.3) is 0 Å². The van der Waals surface area contributed by atoms with E-state index in [4.69, 9.17) is 5.11 Å². The zero-order chi connectivity index (χ0) is 17.1. The van der Waals surface area contributed by atoms with Crippen molar-refractivity contribution >= 4 is 34.3 Å². The number of nitrogens with one attached hydrogen (secondary N) is 1. The summed E-state index contributed by atoms with van der Waals surface area (Å²) in [6.07, 6.45) is 0.597. The van der Waals surface area contributed by atoms with Crippen LogP contribution in [-0.2, 0) is 20.8 Å². The Morgan fingerprint density at radius 2 is 2.17 bits per heavy atom. The number of rotatable bonds is 5. The van der Waals surface area contributed by atoms with Crippen LogP contribution in [0.3, 0.4) is 0 Å². The number of anilines is 1.